The van der Waals surface area contributed by atoms with E-state index in [0.717, 1.165) is 23.5 Å². The van der Waals surface area contributed by atoms with Crippen LogP contribution in [0.3, 0.4) is 0 Å². The molecule has 0 bridgehead atoms. The Hall–Kier alpha value is -1.22. The average Bonchev–Trinajstić information content (AvgIpc) is 3.12. The Morgan fingerprint density at radius 3 is 2.50 bits per heavy atom. The lowest BCUT2D eigenvalue weighted by Gasteiger charge is -2.13. The summed E-state index contributed by atoms with van der Waals surface area (Å²) >= 11 is 0. The Kier molecular flexibility index (Phi) is 2.94. The standard InChI is InChI=1S/C15H20O3/c1-9-7-17-13-4-3-11(6-14(13)18-8-9)15(16)12-5-10(12)2/h3-4,6,9-10,12,15-16H,5,7-8H2,1-2H3. The summed E-state index contributed by atoms with van der Waals surface area (Å²) in [6, 6.07) is 5.80. The summed E-state index contributed by atoms with van der Waals surface area (Å²) in [5.74, 6) is 3.00. The summed E-state index contributed by atoms with van der Waals surface area (Å²) in [5, 5.41) is 10.3. The molecule has 3 nitrogen and oxygen atoms in total. The first-order valence-electron chi connectivity index (χ1n) is 6.72. The maximum atomic E-state index is 10.3. The molecule has 0 saturated heterocycles. The van der Waals surface area contributed by atoms with Crippen molar-refractivity contribution in [3.05, 3.63) is 23.8 Å². The van der Waals surface area contributed by atoms with Gasteiger partial charge in [-0.05, 0) is 36.0 Å². The number of hydrogen-bond acceptors (Lipinski definition) is 3. The fourth-order valence-electron chi connectivity index (χ4n) is 2.49. The first kappa shape index (κ1) is 11.8. The van der Waals surface area contributed by atoms with Gasteiger partial charge in [-0.3, -0.25) is 0 Å². The minimum atomic E-state index is -0.366. The first-order valence-corrected chi connectivity index (χ1v) is 6.72. The van der Waals surface area contributed by atoms with Gasteiger partial charge in [-0.1, -0.05) is 19.9 Å². The average molecular weight is 248 g/mol. The van der Waals surface area contributed by atoms with E-state index in [1.165, 1.54) is 0 Å². The van der Waals surface area contributed by atoms with E-state index >= 15 is 0 Å². The van der Waals surface area contributed by atoms with E-state index in [4.69, 9.17) is 9.47 Å². The number of aliphatic hydroxyl groups is 1. The third-order valence-electron chi connectivity index (χ3n) is 3.93. The van der Waals surface area contributed by atoms with Gasteiger partial charge in [0.05, 0.1) is 19.3 Å². The van der Waals surface area contributed by atoms with E-state index in [0.29, 0.717) is 31.0 Å². The zero-order valence-corrected chi connectivity index (χ0v) is 10.9. The molecule has 98 valence electrons. The molecule has 3 heteroatoms. The molecule has 0 radical (unpaired) electrons. The van der Waals surface area contributed by atoms with Gasteiger partial charge in [0.15, 0.2) is 11.5 Å². The summed E-state index contributed by atoms with van der Waals surface area (Å²) in [6.07, 6.45) is 0.752. The highest BCUT2D eigenvalue weighted by atomic mass is 16.5. The smallest absolute Gasteiger partial charge is 0.161 e. The Morgan fingerprint density at radius 1 is 1.17 bits per heavy atom. The molecule has 18 heavy (non-hydrogen) atoms. The molecule has 4 atom stereocenters. The van der Waals surface area contributed by atoms with Gasteiger partial charge in [0.2, 0.25) is 0 Å². The van der Waals surface area contributed by atoms with Crippen LogP contribution in [0.2, 0.25) is 0 Å². The lowest BCUT2D eigenvalue weighted by atomic mass is 10.0. The third-order valence-corrected chi connectivity index (χ3v) is 3.93. The number of aliphatic hydroxyl groups excluding tert-OH is 1. The monoisotopic (exact) mass is 248 g/mol. The lowest BCUT2D eigenvalue weighted by Crippen LogP contribution is -2.12. The van der Waals surface area contributed by atoms with Crippen LogP contribution in [0.15, 0.2) is 18.2 Å². The van der Waals surface area contributed by atoms with Gasteiger partial charge in [0.1, 0.15) is 0 Å². The normalized spacial score (nSPS) is 31.6. The molecule has 0 amide bonds. The molecule has 1 heterocycles. The van der Waals surface area contributed by atoms with Crippen molar-refractivity contribution in [2.75, 3.05) is 13.2 Å². The molecule has 3 rings (SSSR count). The Morgan fingerprint density at radius 2 is 1.83 bits per heavy atom. The minimum absolute atomic E-state index is 0.366. The fourth-order valence-corrected chi connectivity index (χ4v) is 2.49. The predicted molar refractivity (Wildman–Crippen MR) is 68.8 cm³/mol. The molecule has 4 unspecified atom stereocenters. The van der Waals surface area contributed by atoms with Crippen molar-refractivity contribution in [3.8, 4) is 11.5 Å². The third kappa shape index (κ3) is 2.19. The van der Waals surface area contributed by atoms with Gasteiger partial charge in [-0.2, -0.15) is 0 Å². The molecular formula is C15H20O3. The van der Waals surface area contributed by atoms with Crippen LogP contribution in [-0.4, -0.2) is 18.3 Å². The van der Waals surface area contributed by atoms with Gasteiger partial charge < -0.3 is 14.6 Å². The van der Waals surface area contributed by atoms with E-state index in [2.05, 4.69) is 13.8 Å². The largest absolute Gasteiger partial charge is 0.489 e. The molecule has 1 saturated carbocycles. The van der Waals surface area contributed by atoms with Crippen LogP contribution >= 0.6 is 0 Å². The Labute approximate surface area is 108 Å². The van der Waals surface area contributed by atoms with Crippen LogP contribution in [0.5, 0.6) is 11.5 Å². The second-order valence-corrected chi connectivity index (χ2v) is 5.76. The number of ether oxygens (including phenoxy) is 2. The molecule has 2 aliphatic rings. The molecule has 0 aromatic heterocycles. The van der Waals surface area contributed by atoms with Crippen LogP contribution in [-0.2, 0) is 0 Å². The highest BCUT2D eigenvalue weighted by Gasteiger charge is 2.39. The topological polar surface area (TPSA) is 38.7 Å². The van der Waals surface area contributed by atoms with Gasteiger partial charge in [-0.25, -0.2) is 0 Å². The van der Waals surface area contributed by atoms with E-state index in [1.807, 2.05) is 18.2 Å². The van der Waals surface area contributed by atoms with Crippen molar-refractivity contribution >= 4 is 0 Å². The van der Waals surface area contributed by atoms with Crippen molar-refractivity contribution in [1.82, 2.24) is 0 Å². The quantitative estimate of drug-likeness (QED) is 0.874. The van der Waals surface area contributed by atoms with Crippen LogP contribution in [0.25, 0.3) is 0 Å². The zero-order chi connectivity index (χ0) is 12.7. The maximum absolute atomic E-state index is 10.3. The van der Waals surface area contributed by atoms with E-state index in [-0.39, 0.29) is 6.10 Å². The van der Waals surface area contributed by atoms with E-state index in [9.17, 15) is 5.11 Å². The van der Waals surface area contributed by atoms with E-state index in [1.54, 1.807) is 0 Å². The first-order chi connectivity index (χ1) is 8.65. The summed E-state index contributed by atoms with van der Waals surface area (Å²) in [7, 11) is 0. The second-order valence-electron chi connectivity index (χ2n) is 5.76. The molecule has 1 fully saturated rings. The molecule has 1 N–H and O–H groups in total. The summed E-state index contributed by atoms with van der Waals surface area (Å²) in [4.78, 5) is 0. The summed E-state index contributed by atoms with van der Waals surface area (Å²) in [5.41, 5.74) is 0.946. The van der Waals surface area contributed by atoms with Gasteiger partial charge in [0, 0.05) is 5.92 Å². The minimum Gasteiger partial charge on any atom is -0.489 e. The maximum Gasteiger partial charge on any atom is 0.161 e. The van der Waals surface area contributed by atoms with Gasteiger partial charge in [0.25, 0.3) is 0 Å². The van der Waals surface area contributed by atoms with Crippen molar-refractivity contribution in [3.63, 3.8) is 0 Å². The van der Waals surface area contributed by atoms with Crippen LogP contribution in [0, 0.1) is 17.8 Å². The predicted octanol–water partition coefficient (Wildman–Crippen LogP) is 2.78. The van der Waals surface area contributed by atoms with E-state index < -0.39 is 0 Å². The SMILES string of the molecule is CC1COc2ccc(C(O)C3CC3C)cc2OC1. The Balaban J connectivity index is 1.82. The molecule has 1 aromatic rings. The highest BCUT2D eigenvalue weighted by molar-refractivity contribution is 5.44. The molecular weight excluding hydrogens is 228 g/mol. The molecule has 0 spiro atoms. The zero-order valence-electron chi connectivity index (χ0n) is 10.9. The summed E-state index contributed by atoms with van der Waals surface area (Å²) in [6.45, 7) is 5.65. The number of hydrogen-bond donors (Lipinski definition) is 1. The van der Waals surface area contributed by atoms with Crippen molar-refractivity contribution in [2.24, 2.45) is 17.8 Å². The van der Waals surface area contributed by atoms with Crippen molar-refractivity contribution in [1.29, 1.82) is 0 Å². The molecule has 1 aromatic carbocycles. The second kappa shape index (κ2) is 4.47. The molecule has 1 aliphatic heterocycles. The van der Waals surface area contributed by atoms with Gasteiger partial charge >= 0.3 is 0 Å². The van der Waals surface area contributed by atoms with Crippen LogP contribution in [0.4, 0.5) is 0 Å². The highest BCUT2D eigenvalue weighted by Crippen LogP contribution is 2.47. The molecule has 1 aliphatic carbocycles. The van der Waals surface area contributed by atoms with Crippen molar-refractivity contribution < 1.29 is 14.6 Å². The Bertz CT molecular complexity index is 443. The van der Waals surface area contributed by atoms with Crippen molar-refractivity contribution in [2.45, 2.75) is 26.4 Å². The number of fused-ring (bicyclic) bond motifs is 1. The fraction of sp³-hybridized carbons (Fsp3) is 0.600. The lowest BCUT2D eigenvalue weighted by molar-refractivity contribution is 0.147. The number of benzene rings is 1. The summed E-state index contributed by atoms with van der Waals surface area (Å²) < 4.78 is 11.4. The van der Waals surface area contributed by atoms with Gasteiger partial charge in [-0.15, -0.1) is 0 Å². The van der Waals surface area contributed by atoms with Crippen LogP contribution in [0.1, 0.15) is 31.9 Å². The number of rotatable bonds is 2. The van der Waals surface area contributed by atoms with Crippen LogP contribution < -0.4 is 9.47 Å².